The van der Waals surface area contributed by atoms with Gasteiger partial charge in [-0.2, -0.15) is 5.10 Å². The number of aromatic nitrogens is 2. The molecule has 3 N–H and O–H groups in total. The predicted octanol–water partition coefficient (Wildman–Crippen LogP) is 1.94. The molecule has 1 fully saturated rings. The van der Waals surface area contributed by atoms with Crippen LogP contribution in [0, 0.1) is 5.41 Å². The molecular weight excluding hydrogens is 270 g/mol. The third kappa shape index (κ3) is 2.49. The van der Waals surface area contributed by atoms with Crippen molar-refractivity contribution in [2.45, 2.75) is 25.7 Å². The van der Waals surface area contributed by atoms with Gasteiger partial charge in [-0.15, -0.1) is 0 Å². The van der Waals surface area contributed by atoms with E-state index in [1.807, 2.05) is 6.07 Å². The van der Waals surface area contributed by atoms with Gasteiger partial charge < -0.3 is 10.4 Å². The number of aromatic amines is 1. The van der Waals surface area contributed by atoms with Crippen LogP contribution in [0.4, 0.5) is 0 Å². The van der Waals surface area contributed by atoms with Crippen LogP contribution >= 0.6 is 0 Å². The number of carbonyl (C=O) groups excluding carboxylic acids is 1. The van der Waals surface area contributed by atoms with Crippen molar-refractivity contribution >= 4 is 22.8 Å². The van der Waals surface area contributed by atoms with E-state index in [0.29, 0.717) is 18.4 Å². The zero-order valence-corrected chi connectivity index (χ0v) is 11.6. The average molecular weight is 287 g/mol. The summed E-state index contributed by atoms with van der Waals surface area (Å²) in [5.74, 6) is -1.07. The molecule has 0 radical (unpaired) electrons. The molecule has 0 spiro atoms. The van der Waals surface area contributed by atoms with Crippen LogP contribution in [0.3, 0.4) is 0 Å². The number of carbonyl (C=O) groups is 2. The number of carboxylic acids is 1. The summed E-state index contributed by atoms with van der Waals surface area (Å²) >= 11 is 0. The van der Waals surface area contributed by atoms with Crippen LogP contribution < -0.4 is 5.32 Å². The molecular formula is C15H17N3O3. The number of amides is 1. The van der Waals surface area contributed by atoms with E-state index in [9.17, 15) is 14.7 Å². The third-order valence-electron chi connectivity index (χ3n) is 4.31. The molecule has 0 saturated heterocycles. The van der Waals surface area contributed by atoms with Crippen molar-refractivity contribution in [2.24, 2.45) is 5.41 Å². The van der Waals surface area contributed by atoms with Crippen molar-refractivity contribution < 1.29 is 14.7 Å². The first-order valence-corrected chi connectivity index (χ1v) is 7.05. The first-order valence-electron chi connectivity index (χ1n) is 7.05. The Morgan fingerprint density at radius 1 is 1.33 bits per heavy atom. The first-order chi connectivity index (χ1) is 10.1. The highest BCUT2D eigenvalue weighted by molar-refractivity contribution is 5.97. The fourth-order valence-corrected chi connectivity index (χ4v) is 2.95. The third-order valence-corrected chi connectivity index (χ3v) is 4.31. The van der Waals surface area contributed by atoms with Crippen LogP contribution in [0.5, 0.6) is 0 Å². The molecule has 1 heterocycles. The van der Waals surface area contributed by atoms with Crippen molar-refractivity contribution in [2.75, 3.05) is 6.54 Å². The van der Waals surface area contributed by atoms with Gasteiger partial charge in [0.05, 0.1) is 17.1 Å². The number of hydrogen-bond donors (Lipinski definition) is 3. The minimum absolute atomic E-state index is 0.183. The van der Waals surface area contributed by atoms with Crippen LogP contribution in [0.1, 0.15) is 36.0 Å². The van der Waals surface area contributed by atoms with Gasteiger partial charge in [0.15, 0.2) is 0 Å². The molecule has 1 aromatic carbocycles. The minimum atomic E-state index is -0.815. The highest BCUT2D eigenvalue weighted by atomic mass is 16.4. The molecule has 0 bridgehead atoms. The molecule has 0 atom stereocenters. The summed E-state index contributed by atoms with van der Waals surface area (Å²) in [5, 5.41) is 19.8. The Morgan fingerprint density at radius 2 is 2.10 bits per heavy atom. The second kappa shape index (κ2) is 5.20. The van der Waals surface area contributed by atoms with Crippen molar-refractivity contribution in [1.82, 2.24) is 15.5 Å². The smallest absolute Gasteiger partial charge is 0.311 e. The Hall–Kier alpha value is -2.37. The van der Waals surface area contributed by atoms with Crippen molar-refractivity contribution in [3.8, 4) is 0 Å². The normalized spacial score (nSPS) is 17.0. The highest BCUT2D eigenvalue weighted by Gasteiger charge is 2.41. The first kappa shape index (κ1) is 13.6. The summed E-state index contributed by atoms with van der Waals surface area (Å²) in [7, 11) is 0. The number of fused-ring (bicyclic) bond motifs is 1. The fraction of sp³-hybridized carbons (Fsp3) is 0.400. The summed E-state index contributed by atoms with van der Waals surface area (Å²) in [5.41, 5.74) is 0.495. The number of rotatable bonds is 4. The molecule has 1 aliphatic rings. The SMILES string of the molecule is O=C(NCC1(C(=O)O)CCCC1)c1ccc2cn[nH]c2c1. The van der Waals surface area contributed by atoms with Crippen molar-refractivity contribution in [3.05, 3.63) is 30.0 Å². The molecule has 6 heteroatoms. The van der Waals surface area contributed by atoms with E-state index in [1.165, 1.54) is 0 Å². The molecule has 1 aromatic heterocycles. The summed E-state index contributed by atoms with van der Waals surface area (Å²) in [4.78, 5) is 23.6. The average Bonchev–Trinajstić information content (AvgIpc) is 3.13. The molecule has 6 nitrogen and oxygen atoms in total. The standard InChI is InChI=1S/C15H17N3O3/c19-13(10-3-4-11-8-17-18-12(11)7-10)16-9-15(14(20)21)5-1-2-6-15/h3-4,7-8H,1-2,5-6,9H2,(H,16,19)(H,17,18)(H,20,21). The maximum absolute atomic E-state index is 12.2. The molecule has 0 unspecified atom stereocenters. The summed E-state index contributed by atoms with van der Waals surface area (Å²) in [6.07, 6.45) is 4.75. The lowest BCUT2D eigenvalue weighted by Crippen LogP contribution is -2.41. The summed E-state index contributed by atoms with van der Waals surface area (Å²) in [6.45, 7) is 0.183. The molecule has 1 aliphatic carbocycles. The van der Waals surface area contributed by atoms with E-state index < -0.39 is 11.4 Å². The summed E-state index contributed by atoms with van der Waals surface area (Å²) < 4.78 is 0. The van der Waals surface area contributed by atoms with Gasteiger partial charge in [-0.3, -0.25) is 14.7 Å². The van der Waals surface area contributed by atoms with Gasteiger partial charge in [-0.05, 0) is 25.0 Å². The van der Waals surface area contributed by atoms with E-state index >= 15 is 0 Å². The van der Waals surface area contributed by atoms with E-state index in [0.717, 1.165) is 23.7 Å². The van der Waals surface area contributed by atoms with Crippen molar-refractivity contribution in [1.29, 1.82) is 0 Å². The van der Waals surface area contributed by atoms with Crippen LogP contribution in [0.25, 0.3) is 10.9 Å². The number of carboxylic acid groups (broad SMARTS) is 1. The van der Waals surface area contributed by atoms with Crippen LogP contribution in [0.15, 0.2) is 24.4 Å². The minimum Gasteiger partial charge on any atom is -0.481 e. The Kier molecular flexibility index (Phi) is 3.37. The number of aliphatic carboxylic acids is 1. The summed E-state index contributed by atoms with van der Waals surface area (Å²) in [6, 6.07) is 5.26. The monoisotopic (exact) mass is 287 g/mol. The zero-order valence-electron chi connectivity index (χ0n) is 11.6. The van der Waals surface area contributed by atoms with Crippen LogP contribution in [-0.4, -0.2) is 33.7 Å². The van der Waals surface area contributed by atoms with Gasteiger partial charge in [-0.1, -0.05) is 18.9 Å². The fourth-order valence-electron chi connectivity index (χ4n) is 2.95. The number of H-pyrrole nitrogens is 1. The lowest BCUT2D eigenvalue weighted by atomic mass is 9.86. The largest absolute Gasteiger partial charge is 0.481 e. The number of benzene rings is 1. The second-order valence-electron chi connectivity index (χ2n) is 5.65. The number of nitrogens with one attached hydrogen (secondary N) is 2. The molecule has 1 saturated carbocycles. The Morgan fingerprint density at radius 3 is 2.81 bits per heavy atom. The van der Waals surface area contributed by atoms with Crippen LogP contribution in [-0.2, 0) is 4.79 Å². The van der Waals surface area contributed by atoms with Gasteiger partial charge >= 0.3 is 5.97 Å². The molecule has 21 heavy (non-hydrogen) atoms. The maximum Gasteiger partial charge on any atom is 0.311 e. The van der Waals surface area contributed by atoms with Gasteiger partial charge in [0.1, 0.15) is 0 Å². The van der Waals surface area contributed by atoms with E-state index in [2.05, 4.69) is 15.5 Å². The Balaban J connectivity index is 1.72. The highest BCUT2D eigenvalue weighted by Crippen LogP contribution is 2.37. The van der Waals surface area contributed by atoms with Gasteiger partial charge in [-0.25, -0.2) is 0 Å². The Labute approximate surface area is 121 Å². The van der Waals surface area contributed by atoms with Gasteiger partial charge in [0.25, 0.3) is 5.91 Å². The topological polar surface area (TPSA) is 95.1 Å². The second-order valence-corrected chi connectivity index (χ2v) is 5.65. The molecule has 110 valence electrons. The van der Waals surface area contributed by atoms with E-state index in [4.69, 9.17) is 0 Å². The molecule has 1 amide bonds. The number of hydrogen-bond acceptors (Lipinski definition) is 3. The quantitative estimate of drug-likeness (QED) is 0.800. The zero-order chi connectivity index (χ0) is 14.9. The van der Waals surface area contributed by atoms with E-state index in [1.54, 1.807) is 18.3 Å². The predicted molar refractivity (Wildman–Crippen MR) is 77.0 cm³/mol. The maximum atomic E-state index is 12.2. The number of nitrogens with zero attached hydrogens (tertiary/aromatic N) is 1. The lowest BCUT2D eigenvalue weighted by molar-refractivity contribution is -0.148. The van der Waals surface area contributed by atoms with Gasteiger partial charge in [0.2, 0.25) is 0 Å². The van der Waals surface area contributed by atoms with Crippen molar-refractivity contribution in [3.63, 3.8) is 0 Å². The molecule has 0 aliphatic heterocycles. The molecule has 3 rings (SSSR count). The van der Waals surface area contributed by atoms with Gasteiger partial charge in [0, 0.05) is 17.5 Å². The van der Waals surface area contributed by atoms with Crippen LogP contribution in [0.2, 0.25) is 0 Å². The Bertz CT molecular complexity index is 686. The van der Waals surface area contributed by atoms with E-state index in [-0.39, 0.29) is 12.5 Å². The molecule has 2 aromatic rings. The lowest BCUT2D eigenvalue weighted by Gasteiger charge is -2.23.